The second-order valence-electron chi connectivity index (χ2n) is 5.68. The molecule has 0 bridgehead atoms. The van der Waals surface area contributed by atoms with E-state index in [1.54, 1.807) is 6.08 Å². The topological polar surface area (TPSA) is 41.1 Å². The minimum atomic E-state index is -0.0264. The van der Waals surface area contributed by atoms with Crippen molar-refractivity contribution in [1.82, 2.24) is 10.6 Å². The molecule has 0 heterocycles. The van der Waals surface area contributed by atoms with Gasteiger partial charge in [-0.1, -0.05) is 56.0 Å². The number of hydrogen-bond donors (Lipinski definition) is 2. The van der Waals surface area contributed by atoms with Crippen molar-refractivity contribution in [2.45, 2.75) is 44.6 Å². The number of hydrogen-bond acceptors (Lipinski definition) is 2. The van der Waals surface area contributed by atoms with E-state index in [4.69, 9.17) is 0 Å². The highest BCUT2D eigenvalue weighted by molar-refractivity contribution is 5.91. The van der Waals surface area contributed by atoms with Crippen LogP contribution in [-0.4, -0.2) is 25.0 Å². The van der Waals surface area contributed by atoms with E-state index in [1.165, 1.54) is 38.5 Å². The SMILES string of the molecule is O=C(/C=C/c1ccccc1)NCCNC1CCCCCC1. The molecule has 0 atom stereocenters. The molecule has 2 N–H and O–H groups in total. The maximum Gasteiger partial charge on any atom is 0.244 e. The molecule has 114 valence electrons. The van der Waals surface area contributed by atoms with Crippen LogP contribution in [0.15, 0.2) is 36.4 Å². The van der Waals surface area contributed by atoms with Crippen LogP contribution in [0.4, 0.5) is 0 Å². The highest BCUT2D eigenvalue weighted by atomic mass is 16.1. The van der Waals surface area contributed by atoms with E-state index in [9.17, 15) is 4.79 Å². The summed E-state index contributed by atoms with van der Waals surface area (Å²) in [7, 11) is 0. The van der Waals surface area contributed by atoms with Gasteiger partial charge < -0.3 is 10.6 Å². The van der Waals surface area contributed by atoms with Gasteiger partial charge in [0.15, 0.2) is 0 Å². The normalized spacial score (nSPS) is 16.8. The third kappa shape index (κ3) is 6.58. The monoisotopic (exact) mass is 286 g/mol. The number of rotatable bonds is 6. The summed E-state index contributed by atoms with van der Waals surface area (Å²) in [6.07, 6.45) is 11.4. The van der Waals surface area contributed by atoms with Crippen LogP contribution in [0.2, 0.25) is 0 Å². The van der Waals surface area contributed by atoms with Gasteiger partial charge >= 0.3 is 0 Å². The molecule has 3 nitrogen and oxygen atoms in total. The summed E-state index contributed by atoms with van der Waals surface area (Å²) in [6.45, 7) is 1.55. The Hall–Kier alpha value is -1.61. The first kappa shape index (κ1) is 15.8. The maximum atomic E-state index is 11.7. The molecule has 1 aliphatic carbocycles. The average Bonchev–Trinajstić information content (AvgIpc) is 2.79. The van der Waals surface area contributed by atoms with Gasteiger partial charge in [0, 0.05) is 25.2 Å². The number of nitrogens with one attached hydrogen (secondary N) is 2. The van der Waals surface area contributed by atoms with Crippen LogP contribution in [0.5, 0.6) is 0 Å². The van der Waals surface area contributed by atoms with E-state index < -0.39 is 0 Å². The molecule has 1 amide bonds. The molecule has 1 saturated carbocycles. The van der Waals surface area contributed by atoms with Gasteiger partial charge in [0.1, 0.15) is 0 Å². The molecule has 0 radical (unpaired) electrons. The fourth-order valence-corrected chi connectivity index (χ4v) is 2.74. The summed E-state index contributed by atoms with van der Waals surface area (Å²) in [5.74, 6) is -0.0264. The third-order valence-corrected chi connectivity index (χ3v) is 3.94. The van der Waals surface area contributed by atoms with Gasteiger partial charge in [0.2, 0.25) is 5.91 Å². The van der Waals surface area contributed by atoms with Crippen molar-refractivity contribution in [2.24, 2.45) is 0 Å². The van der Waals surface area contributed by atoms with Crippen molar-refractivity contribution >= 4 is 12.0 Å². The average molecular weight is 286 g/mol. The van der Waals surface area contributed by atoms with Crippen molar-refractivity contribution < 1.29 is 4.79 Å². The molecule has 0 saturated heterocycles. The van der Waals surface area contributed by atoms with E-state index >= 15 is 0 Å². The molecular formula is C18H26N2O. The molecule has 0 spiro atoms. The molecule has 1 aromatic carbocycles. The lowest BCUT2D eigenvalue weighted by Crippen LogP contribution is -2.36. The molecular weight excluding hydrogens is 260 g/mol. The zero-order valence-electron chi connectivity index (χ0n) is 12.7. The zero-order valence-corrected chi connectivity index (χ0v) is 12.7. The fourth-order valence-electron chi connectivity index (χ4n) is 2.74. The Morgan fingerprint density at radius 1 is 1.05 bits per heavy atom. The second-order valence-corrected chi connectivity index (χ2v) is 5.68. The van der Waals surface area contributed by atoms with Gasteiger partial charge in [0.05, 0.1) is 0 Å². The summed E-state index contributed by atoms with van der Waals surface area (Å²) < 4.78 is 0. The quantitative estimate of drug-likeness (QED) is 0.479. The Balaban J connectivity index is 1.59. The van der Waals surface area contributed by atoms with Crippen molar-refractivity contribution in [2.75, 3.05) is 13.1 Å². The summed E-state index contributed by atoms with van der Waals surface area (Å²) in [4.78, 5) is 11.7. The molecule has 2 rings (SSSR count). The summed E-state index contributed by atoms with van der Waals surface area (Å²) in [6, 6.07) is 10.5. The lowest BCUT2D eigenvalue weighted by atomic mass is 10.1. The van der Waals surface area contributed by atoms with Gasteiger partial charge in [-0.05, 0) is 24.5 Å². The highest BCUT2D eigenvalue weighted by Crippen LogP contribution is 2.16. The van der Waals surface area contributed by atoms with Crippen LogP contribution in [0.1, 0.15) is 44.1 Å². The van der Waals surface area contributed by atoms with E-state index in [2.05, 4.69) is 10.6 Å². The van der Waals surface area contributed by atoms with Gasteiger partial charge in [-0.15, -0.1) is 0 Å². The predicted molar refractivity (Wildman–Crippen MR) is 88.0 cm³/mol. The maximum absolute atomic E-state index is 11.7. The van der Waals surface area contributed by atoms with Crippen LogP contribution in [0.3, 0.4) is 0 Å². The largest absolute Gasteiger partial charge is 0.351 e. The molecule has 0 unspecified atom stereocenters. The van der Waals surface area contributed by atoms with Crippen LogP contribution in [0, 0.1) is 0 Å². The number of carbonyl (C=O) groups is 1. The molecule has 1 fully saturated rings. The van der Waals surface area contributed by atoms with Crippen molar-refractivity contribution in [3.8, 4) is 0 Å². The third-order valence-electron chi connectivity index (χ3n) is 3.94. The first-order valence-electron chi connectivity index (χ1n) is 8.09. The van der Waals surface area contributed by atoms with Crippen molar-refractivity contribution in [3.05, 3.63) is 42.0 Å². The lowest BCUT2D eigenvalue weighted by molar-refractivity contribution is -0.116. The van der Waals surface area contributed by atoms with Crippen LogP contribution in [-0.2, 0) is 4.79 Å². The van der Waals surface area contributed by atoms with E-state index in [0.29, 0.717) is 12.6 Å². The van der Waals surface area contributed by atoms with Crippen molar-refractivity contribution in [1.29, 1.82) is 0 Å². The zero-order chi connectivity index (χ0) is 14.8. The molecule has 1 aliphatic rings. The van der Waals surface area contributed by atoms with Crippen LogP contribution >= 0.6 is 0 Å². The Labute approximate surface area is 127 Å². The summed E-state index contributed by atoms with van der Waals surface area (Å²) >= 11 is 0. The highest BCUT2D eigenvalue weighted by Gasteiger charge is 2.10. The van der Waals surface area contributed by atoms with E-state index in [0.717, 1.165) is 12.1 Å². The Kier molecular flexibility index (Phi) is 7.02. The van der Waals surface area contributed by atoms with Crippen LogP contribution < -0.4 is 10.6 Å². The molecule has 21 heavy (non-hydrogen) atoms. The van der Waals surface area contributed by atoms with Gasteiger partial charge in [-0.3, -0.25) is 4.79 Å². The lowest BCUT2D eigenvalue weighted by Gasteiger charge is -2.15. The summed E-state index contributed by atoms with van der Waals surface area (Å²) in [5, 5.41) is 6.47. The minimum absolute atomic E-state index is 0.0264. The standard InChI is InChI=1S/C18H26N2O/c21-18(13-12-16-8-4-3-5-9-16)20-15-14-19-17-10-6-1-2-7-11-17/h3-5,8-9,12-13,17,19H,1-2,6-7,10-11,14-15H2,(H,20,21)/b13-12+. The smallest absolute Gasteiger partial charge is 0.244 e. The fraction of sp³-hybridized carbons (Fsp3) is 0.500. The van der Waals surface area contributed by atoms with E-state index in [-0.39, 0.29) is 5.91 Å². The van der Waals surface area contributed by atoms with Gasteiger partial charge in [0.25, 0.3) is 0 Å². The molecule has 0 aromatic heterocycles. The molecule has 0 aliphatic heterocycles. The summed E-state index contributed by atoms with van der Waals surface area (Å²) in [5.41, 5.74) is 1.05. The first-order valence-corrected chi connectivity index (χ1v) is 8.09. The Morgan fingerprint density at radius 3 is 2.48 bits per heavy atom. The van der Waals surface area contributed by atoms with Gasteiger partial charge in [-0.2, -0.15) is 0 Å². The van der Waals surface area contributed by atoms with Crippen molar-refractivity contribution in [3.63, 3.8) is 0 Å². The van der Waals surface area contributed by atoms with E-state index in [1.807, 2.05) is 36.4 Å². The minimum Gasteiger partial charge on any atom is -0.351 e. The molecule has 3 heteroatoms. The molecule has 1 aromatic rings. The number of benzene rings is 1. The number of amides is 1. The van der Waals surface area contributed by atoms with Gasteiger partial charge in [-0.25, -0.2) is 0 Å². The Morgan fingerprint density at radius 2 is 1.76 bits per heavy atom. The van der Waals surface area contributed by atoms with Crippen LogP contribution in [0.25, 0.3) is 6.08 Å². The Bertz CT molecular complexity index is 434. The second kappa shape index (κ2) is 9.35. The predicted octanol–water partition coefficient (Wildman–Crippen LogP) is 3.13. The first-order chi connectivity index (χ1) is 10.3. The number of carbonyl (C=O) groups excluding carboxylic acids is 1.